The Bertz CT molecular complexity index is 285. The van der Waals surface area contributed by atoms with Gasteiger partial charge in [0.1, 0.15) is 0 Å². The number of carbonyl (C=O) groups excluding carboxylic acids is 2. The number of nitrogens with zero attached hydrogens (tertiary/aromatic N) is 1. The van der Waals surface area contributed by atoms with Crippen LogP contribution in [0.2, 0.25) is 0 Å². The van der Waals surface area contributed by atoms with E-state index in [1.54, 1.807) is 12.0 Å². The number of hydrogen-bond acceptors (Lipinski definition) is 5. The summed E-state index contributed by atoms with van der Waals surface area (Å²) in [6.45, 7) is 3.62. The summed E-state index contributed by atoms with van der Waals surface area (Å²) in [5.41, 5.74) is 0. The maximum atomic E-state index is 11.6. The minimum atomic E-state index is -0.0803. The SMILES string of the molecule is COCCOCCOCCN1CCC(=O)NCC1=O. The van der Waals surface area contributed by atoms with Crippen molar-refractivity contribution in [1.29, 1.82) is 0 Å². The van der Waals surface area contributed by atoms with Crippen LogP contribution in [-0.4, -0.2) is 76.5 Å². The molecule has 0 spiro atoms. The maximum Gasteiger partial charge on any atom is 0.242 e. The molecule has 0 aromatic heterocycles. The zero-order valence-corrected chi connectivity index (χ0v) is 11.4. The molecule has 1 N–H and O–H groups in total. The van der Waals surface area contributed by atoms with Crippen LogP contribution in [0.3, 0.4) is 0 Å². The molecule has 1 aliphatic heterocycles. The molecule has 19 heavy (non-hydrogen) atoms. The van der Waals surface area contributed by atoms with Gasteiger partial charge in [-0.2, -0.15) is 0 Å². The molecule has 0 aliphatic carbocycles. The Hall–Kier alpha value is -1.18. The maximum absolute atomic E-state index is 11.6. The number of hydrogen-bond donors (Lipinski definition) is 1. The van der Waals surface area contributed by atoms with Crippen LogP contribution in [0, 0.1) is 0 Å². The van der Waals surface area contributed by atoms with Crippen molar-refractivity contribution in [3.63, 3.8) is 0 Å². The van der Waals surface area contributed by atoms with E-state index in [0.717, 1.165) is 0 Å². The third-order valence-corrected chi connectivity index (χ3v) is 2.71. The van der Waals surface area contributed by atoms with E-state index in [1.807, 2.05) is 0 Å². The van der Waals surface area contributed by atoms with E-state index in [0.29, 0.717) is 52.5 Å². The largest absolute Gasteiger partial charge is 0.382 e. The second-order valence-corrected chi connectivity index (χ2v) is 4.13. The summed E-state index contributed by atoms with van der Waals surface area (Å²) in [7, 11) is 1.62. The Morgan fingerprint density at radius 1 is 1.11 bits per heavy atom. The lowest BCUT2D eigenvalue weighted by molar-refractivity contribution is -0.130. The van der Waals surface area contributed by atoms with E-state index < -0.39 is 0 Å². The molecule has 110 valence electrons. The van der Waals surface area contributed by atoms with Crippen LogP contribution in [0.25, 0.3) is 0 Å². The Kier molecular flexibility index (Phi) is 8.11. The molecule has 1 saturated heterocycles. The Morgan fingerprint density at radius 2 is 1.79 bits per heavy atom. The molecule has 0 saturated carbocycles. The number of methoxy groups -OCH3 is 1. The molecule has 1 fully saturated rings. The van der Waals surface area contributed by atoms with Crippen LogP contribution in [0.5, 0.6) is 0 Å². The number of nitrogens with one attached hydrogen (secondary N) is 1. The molecular weight excluding hydrogens is 252 g/mol. The molecule has 7 heteroatoms. The van der Waals surface area contributed by atoms with Crippen molar-refractivity contribution in [2.75, 3.05) is 59.8 Å². The van der Waals surface area contributed by atoms with Gasteiger partial charge < -0.3 is 24.4 Å². The monoisotopic (exact) mass is 274 g/mol. The molecule has 2 amide bonds. The van der Waals surface area contributed by atoms with Gasteiger partial charge in [-0.25, -0.2) is 0 Å². The van der Waals surface area contributed by atoms with Gasteiger partial charge in [0.15, 0.2) is 0 Å². The summed E-state index contributed by atoms with van der Waals surface area (Å²) in [5, 5.41) is 2.55. The number of amides is 2. The summed E-state index contributed by atoms with van der Waals surface area (Å²) >= 11 is 0. The van der Waals surface area contributed by atoms with Gasteiger partial charge in [-0.05, 0) is 0 Å². The van der Waals surface area contributed by atoms with Crippen molar-refractivity contribution in [1.82, 2.24) is 10.2 Å². The fraction of sp³-hybridized carbons (Fsp3) is 0.833. The topological polar surface area (TPSA) is 77.1 Å². The average molecular weight is 274 g/mol. The molecule has 0 radical (unpaired) electrons. The first-order valence-electron chi connectivity index (χ1n) is 6.43. The first-order valence-corrected chi connectivity index (χ1v) is 6.43. The summed E-state index contributed by atoms with van der Waals surface area (Å²) in [6.07, 6.45) is 0.353. The third kappa shape index (κ3) is 7.09. The van der Waals surface area contributed by atoms with Crippen LogP contribution in [-0.2, 0) is 23.8 Å². The fourth-order valence-corrected chi connectivity index (χ4v) is 1.61. The summed E-state index contributed by atoms with van der Waals surface area (Å²) in [4.78, 5) is 24.4. The van der Waals surface area contributed by atoms with Gasteiger partial charge in [-0.3, -0.25) is 9.59 Å². The lowest BCUT2D eigenvalue weighted by atomic mass is 10.4. The van der Waals surface area contributed by atoms with Crippen LogP contribution < -0.4 is 5.32 Å². The highest BCUT2D eigenvalue weighted by atomic mass is 16.5. The minimum Gasteiger partial charge on any atom is -0.382 e. The zero-order chi connectivity index (χ0) is 13.9. The minimum absolute atomic E-state index is 0.0641. The van der Waals surface area contributed by atoms with Gasteiger partial charge in [0.2, 0.25) is 11.8 Å². The highest BCUT2D eigenvalue weighted by Crippen LogP contribution is 1.97. The molecule has 0 aromatic carbocycles. The van der Waals surface area contributed by atoms with E-state index >= 15 is 0 Å². The van der Waals surface area contributed by atoms with E-state index in [9.17, 15) is 9.59 Å². The Morgan fingerprint density at radius 3 is 2.53 bits per heavy atom. The lowest BCUT2D eigenvalue weighted by Gasteiger charge is -2.19. The second kappa shape index (κ2) is 9.71. The zero-order valence-electron chi connectivity index (χ0n) is 11.4. The highest BCUT2D eigenvalue weighted by molar-refractivity contribution is 5.87. The smallest absolute Gasteiger partial charge is 0.242 e. The van der Waals surface area contributed by atoms with Crippen molar-refractivity contribution >= 4 is 11.8 Å². The highest BCUT2D eigenvalue weighted by Gasteiger charge is 2.19. The molecule has 1 heterocycles. The first-order chi connectivity index (χ1) is 9.24. The standard InChI is InChI=1S/C12H22N2O5/c1-17-6-7-19-9-8-18-5-4-14-3-2-11(15)13-10-12(14)16/h2-10H2,1H3,(H,13,15). The fourth-order valence-electron chi connectivity index (χ4n) is 1.61. The van der Waals surface area contributed by atoms with Crippen molar-refractivity contribution in [2.24, 2.45) is 0 Å². The number of ether oxygens (including phenoxy) is 3. The molecule has 0 aromatic rings. The molecule has 7 nitrogen and oxygen atoms in total. The summed E-state index contributed by atoms with van der Waals surface area (Å²) < 4.78 is 15.4. The molecule has 1 rings (SSSR count). The van der Waals surface area contributed by atoms with Gasteiger partial charge in [-0.15, -0.1) is 0 Å². The van der Waals surface area contributed by atoms with Crippen LogP contribution in [0.1, 0.15) is 6.42 Å². The van der Waals surface area contributed by atoms with Crippen LogP contribution in [0.4, 0.5) is 0 Å². The van der Waals surface area contributed by atoms with Crippen LogP contribution in [0.15, 0.2) is 0 Å². The normalized spacial score (nSPS) is 16.4. The molecule has 0 unspecified atom stereocenters. The molecular formula is C12H22N2O5. The van der Waals surface area contributed by atoms with Gasteiger partial charge >= 0.3 is 0 Å². The van der Waals surface area contributed by atoms with Crippen molar-refractivity contribution < 1.29 is 23.8 Å². The summed E-state index contributed by atoms with van der Waals surface area (Å²) in [6, 6.07) is 0. The number of rotatable bonds is 9. The number of carbonyl (C=O) groups is 2. The van der Waals surface area contributed by atoms with Gasteiger partial charge in [-0.1, -0.05) is 0 Å². The Balaban J connectivity index is 2.02. The van der Waals surface area contributed by atoms with Crippen molar-refractivity contribution in [3.05, 3.63) is 0 Å². The van der Waals surface area contributed by atoms with Crippen LogP contribution >= 0.6 is 0 Å². The van der Waals surface area contributed by atoms with E-state index in [1.165, 1.54) is 0 Å². The van der Waals surface area contributed by atoms with Gasteiger partial charge in [0, 0.05) is 26.6 Å². The van der Waals surface area contributed by atoms with Crippen molar-refractivity contribution in [3.8, 4) is 0 Å². The first kappa shape index (κ1) is 15.9. The molecule has 1 aliphatic rings. The molecule has 0 bridgehead atoms. The second-order valence-electron chi connectivity index (χ2n) is 4.13. The predicted octanol–water partition coefficient (Wildman–Crippen LogP) is -0.985. The predicted molar refractivity (Wildman–Crippen MR) is 67.7 cm³/mol. The van der Waals surface area contributed by atoms with E-state index in [-0.39, 0.29) is 18.4 Å². The van der Waals surface area contributed by atoms with Gasteiger partial charge in [0.25, 0.3) is 0 Å². The van der Waals surface area contributed by atoms with Gasteiger partial charge in [0.05, 0.1) is 39.6 Å². The lowest BCUT2D eigenvalue weighted by Crippen LogP contribution is -2.37. The third-order valence-electron chi connectivity index (χ3n) is 2.71. The summed E-state index contributed by atoms with van der Waals surface area (Å²) in [5.74, 6) is -0.144. The van der Waals surface area contributed by atoms with E-state index in [4.69, 9.17) is 14.2 Å². The Labute approximate surface area is 113 Å². The van der Waals surface area contributed by atoms with E-state index in [2.05, 4.69) is 5.32 Å². The average Bonchev–Trinajstić information content (AvgIpc) is 2.56. The quantitative estimate of drug-likeness (QED) is 0.547. The molecule has 0 atom stereocenters. The van der Waals surface area contributed by atoms with Crippen molar-refractivity contribution in [2.45, 2.75) is 6.42 Å².